The van der Waals surface area contributed by atoms with E-state index in [0.29, 0.717) is 6.04 Å². The number of nitrogens with zero attached hydrogens (tertiary/aromatic N) is 3. The van der Waals surface area contributed by atoms with Crippen molar-refractivity contribution in [1.82, 2.24) is 19.4 Å². The van der Waals surface area contributed by atoms with Crippen LogP contribution in [-0.4, -0.2) is 44.2 Å². The van der Waals surface area contributed by atoms with Crippen LogP contribution in [0.5, 0.6) is 0 Å². The number of pyridine rings is 1. The number of aromatic amines is 1. The lowest BCUT2D eigenvalue weighted by Gasteiger charge is -2.34. The number of H-pyrrole nitrogens is 1. The second-order valence-corrected chi connectivity index (χ2v) is 9.30. The van der Waals surface area contributed by atoms with Crippen LogP contribution in [0.3, 0.4) is 0 Å². The van der Waals surface area contributed by atoms with E-state index in [9.17, 15) is 4.79 Å². The molecule has 0 bridgehead atoms. The smallest absolute Gasteiger partial charge is 0.410 e. The van der Waals surface area contributed by atoms with Gasteiger partial charge < -0.3 is 19.2 Å². The fraction of sp³-hybridized carbons (Fsp3) is 0.360. The molecule has 160 valence electrons. The number of fused-ring (bicyclic) bond motifs is 3. The Morgan fingerprint density at radius 1 is 1.13 bits per heavy atom. The number of aromatic nitrogens is 3. The number of amides is 1. The first-order valence-electron chi connectivity index (χ1n) is 10.9. The topological polar surface area (TPSA) is 63.1 Å². The molecular weight excluding hydrogens is 388 g/mol. The van der Waals surface area contributed by atoms with Gasteiger partial charge in [-0.2, -0.15) is 0 Å². The largest absolute Gasteiger partial charge is 0.444 e. The number of piperidine rings is 1. The summed E-state index contributed by atoms with van der Waals surface area (Å²) in [6.45, 7) is 7.15. The molecule has 4 aromatic rings. The fourth-order valence-electron chi connectivity index (χ4n) is 4.48. The monoisotopic (exact) mass is 416 g/mol. The molecule has 0 aliphatic carbocycles. The molecule has 0 radical (unpaired) electrons. The van der Waals surface area contributed by atoms with Crippen molar-refractivity contribution in [2.75, 3.05) is 13.1 Å². The summed E-state index contributed by atoms with van der Waals surface area (Å²) < 4.78 is 7.81. The molecule has 5 rings (SSSR count). The van der Waals surface area contributed by atoms with Gasteiger partial charge in [0.05, 0.1) is 0 Å². The van der Waals surface area contributed by atoms with Gasteiger partial charge in [0.15, 0.2) is 0 Å². The van der Waals surface area contributed by atoms with E-state index in [1.807, 2.05) is 37.9 Å². The van der Waals surface area contributed by atoms with Crippen LogP contribution in [0, 0.1) is 0 Å². The number of carbonyl (C=O) groups is 1. The Balaban J connectivity index is 1.37. The molecule has 1 fully saturated rings. The third kappa shape index (κ3) is 3.78. The standard InChI is InChI=1S/C25H28N4O2/c1-25(2,3)31-24(30)28-14-10-18(11-15-28)29-13-9-17(16-29)19-8-12-26-23-22(19)20-6-4-5-7-21(20)27-23/h4-9,12-13,16,18H,10-11,14-15H2,1-3H3,(H,26,27). The van der Waals surface area contributed by atoms with Crippen LogP contribution >= 0.6 is 0 Å². The molecule has 1 aliphatic heterocycles. The van der Waals surface area contributed by atoms with Gasteiger partial charge in [-0.25, -0.2) is 9.78 Å². The summed E-state index contributed by atoms with van der Waals surface area (Å²) in [4.78, 5) is 22.1. The number of rotatable bonds is 2. The fourth-order valence-corrected chi connectivity index (χ4v) is 4.48. The third-order valence-corrected chi connectivity index (χ3v) is 5.96. The van der Waals surface area contributed by atoms with E-state index >= 15 is 0 Å². The Bertz CT molecular complexity index is 1240. The molecule has 0 unspecified atom stereocenters. The molecule has 6 nitrogen and oxygen atoms in total. The highest BCUT2D eigenvalue weighted by atomic mass is 16.6. The van der Waals surface area contributed by atoms with Gasteiger partial charge in [-0.1, -0.05) is 18.2 Å². The van der Waals surface area contributed by atoms with E-state index in [1.54, 1.807) is 0 Å². The molecule has 31 heavy (non-hydrogen) atoms. The Labute approximate surface area is 181 Å². The van der Waals surface area contributed by atoms with Crippen molar-refractivity contribution in [2.24, 2.45) is 0 Å². The van der Waals surface area contributed by atoms with Gasteiger partial charge in [0.1, 0.15) is 11.2 Å². The summed E-state index contributed by atoms with van der Waals surface area (Å²) in [7, 11) is 0. The lowest BCUT2D eigenvalue weighted by atomic mass is 10.0. The van der Waals surface area contributed by atoms with Crippen LogP contribution in [0.15, 0.2) is 55.0 Å². The van der Waals surface area contributed by atoms with Crippen LogP contribution in [0.1, 0.15) is 39.7 Å². The van der Waals surface area contributed by atoms with Gasteiger partial charge in [0, 0.05) is 59.6 Å². The molecule has 3 aromatic heterocycles. The van der Waals surface area contributed by atoms with Crippen LogP contribution in [0.2, 0.25) is 0 Å². The average molecular weight is 417 g/mol. The number of hydrogen-bond donors (Lipinski definition) is 1. The first kappa shape index (κ1) is 19.7. The van der Waals surface area contributed by atoms with Crippen molar-refractivity contribution in [1.29, 1.82) is 0 Å². The number of nitrogens with one attached hydrogen (secondary N) is 1. The Morgan fingerprint density at radius 3 is 2.68 bits per heavy atom. The number of para-hydroxylation sites is 1. The molecule has 0 spiro atoms. The van der Waals surface area contributed by atoms with E-state index in [0.717, 1.165) is 42.5 Å². The Kier molecular flexibility index (Phi) is 4.73. The zero-order valence-corrected chi connectivity index (χ0v) is 18.3. The molecule has 1 amide bonds. The van der Waals surface area contributed by atoms with Crippen molar-refractivity contribution in [2.45, 2.75) is 45.3 Å². The minimum atomic E-state index is -0.457. The van der Waals surface area contributed by atoms with Crippen molar-refractivity contribution < 1.29 is 9.53 Å². The van der Waals surface area contributed by atoms with E-state index < -0.39 is 5.60 Å². The summed E-state index contributed by atoms with van der Waals surface area (Å²) in [5, 5.41) is 2.36. The van der Waals surface area contributed by atoms with Gasteiger partial charge in [-0.15, -0.1) is 0 Å². The number of carbonyl (C=O) groups excluding carboxylic acids is 1. The number of likely N-dealkylation sites (tertiary alicyclic amines) is 1. The van der Waals surface area contributed by atoms with Crippen LogP contribution in [-0.2, 0) is 4.74 Å². The molecule has 0 atom stereocenters. The molecule has 0 saturated carbocycles. The molecular formula is C25H28N4O2. The summed E-state index contributed by atoms with van der Waals surface area (Å²) in [6, 6.07) is 13.0. The summed E-state index contributed by atoms with van der Waals surface area (Å²) >= 11 is 0. The van der Waals surface area contributed by atoms with Crippen molar-refractivity contribution >= 4 is 28.0 Å². The number of benzene rings is 1. The highest BCUT2D eigenvalue weighted by Gasteiger charge is 2.27. The van der Waals surface area contributed by atoms with E-state index in [2.05, 4.69) is 57.3 Å². The Morgan fingerprint density at radius 2 is 1.90 bits per heavy atom. The van der Waals surface area contributed by atoms with Gasteiger partial charge in [0.25, 0.3) is 0 Å². The SMILES string of the molecule is CC(C)(C)OC(=O)N1CCC(n2ccc(-c3ccnc4[nH]c5ccccc5c34)c2)CC1. The number of ether oxygens (including phenoxy) is 1. The Hall–Kier alpha value is -3.28. The van der Waals surface area contributed by atoms with Crippen molar-refractivity contribution in [3.05, 3.63) is 55.0 Å². The maximum absolute atomic E-state index is 12.3. The predicted molar refractivity (Wildman–Crippen MR) is 123 cm³/mol. The quantitative estimate of drug-likeness (QED) is 0.452. The molecule has 4 heterocycles. The highest BCUT2D eigenvalue weighted by molar-refractivity contribution is 6.12. The molecule has 1 aromatic carbocycles. The van der Waals surface area contributed by atoms with Gasteiger partial charge in [-0.3, -0.25) is 0 Å². The second-order valence-electron chi connectivity index (χ2n) is 9.30. The average Bonchev–Trinajstić information content (AvgIpc) is 3.37. The zero-order chi connectivity index (χ0) is 21.6. The third-order valence-electron chi connectivity index (χ3n) is 5.96. The lowest BCUT2D eigenvalue weighted by Crippen LogP contribution is -2.42. The molecule has 1 saturated heterocycles. The first-order valence-corrected chi connectivity index (χ1v) is 10.9. The van der Waals surface area contributed by atoms with Crippen molar-refractivity contribution in [3.63, 3.8) is 0 Å². The van der Waals surface area contributed by atoms with E-state index in [-0.39, 0.29) is 6.09 Å². The summed E-state index contributed by atoms with van der Waals surface area (Å²) in [5.74, 6) is 0. The predicted octanol–water partition coefficient (Wildman–Crippen LogP) is 5.76. The molecule has 6 heteroatoms. The zero-order valence-electron chi connectivity index (χ0n) is 18.3. The van der Waals surface area contributed by atoms with E-state index in [4.69, 9.17) is 4.74 Å². The normalized spacial score (nSPS) is 15.6. The lowest BCUT2D eigenvalue weighted by molar-refractivity contribution is 0.0188. The maximum Gasteiger partial charge on any atom is 0.410 e. The molecule has 1 aliphatic rings. The van der Waals surface area contributed by atoms with E-state index in [1.165, 1.54) is 16.5 Å². The minimum Gasteiger partial charge on any atom is -0.444 e. The highest BCUT2D eigenvalue weighted by Crippen LogP contribution is 2.35. The maximum atomic E-state index is 12.3. The van der Waals surface area contributed by atoms with Gasteiger partial charge in [-0.05, 0) is 57.4 Å². The number of hydrogen-bond acceptors (Lipinski definition) is 3. The van der Waals surface area contributed by atoms with Crippen LogP contribution in [0.25, 0.3) is 33.1 Å². The summed E-state index contributed by atoms with van der Waals surface area (Å²) in [6.07, 6.45) is 7.88. The second kappa shape index (κ2) is 7.45. The van der Waals surface area contributed by atoms with Crippen molar-refractivity contribution in [3.8, 4) is 11.1 Å². The first-order chi connectivity index (χ1) is 14.9. The van der Waals surface area contributed by atoms with Crippen LogP contribution in [0.4, 0.5) is 4.79 Å². The summed E-state index contributed by atoms with van der Waals surface area (Å²) in [5.41, 5.74) is 3.93. The van der Waals surface area contributed by atoms with Gasteiger partial charge >= 0.3 is 6.09 Å². The molecule has 1 N–H and O–H groups in total. The minimum absolute atomic E-state index is 0.211. The van der Waals surface area contributed by atoms with Crippen LogP contribution < -0.4 is 0 Å². The van der Waals surface area contributed by atoms with Gasteiger partial charge in [0.2, 0.25) is 0 Å².